The van der Waals surface area contributed by atoms with Gasteiger partial charge < -0.3 is 9.88 Å². The van der Waals surface area contributed by atoms with Crippen molar-refractivity contribution in [2.45, 2.75) is 24.6 Å². The maximum absolute atomic E-state index is 4.84. The molecule has 3 nitrogen and oxygen atoms in total. The fraction of sp³-hybridized carbons (Fsp3) is 0.562. The molecule has 0 aliphatic carbocycles. The first-order valence-electron chi connectivity index (χ1n) is 7.62. The second-order valence-electron chi connectivity index (χ2n) is 5.43. The summed E-state index contributed by atoms with van der Waals surface area (Å²) >= 11 is 4.21. The number of thioether (sulfide) groups is 2. The van der Waals surface area contributed by atoms with Crippen LogP contribution in [-0.2, 0) is 13.5 Å². The third-order valence-corrected chi connectivity index (χ3v) is 6.96. The van der Waals surface area contributed by atoms with Gasteiger partial charge in [-0.15, -0.1) is 0 Å². The van der Waals surface area contributed by atoms with E-state index in [9.17, 15) is 0 Å². The van der Waals surface area contributed by atoms with Crippen LogP contribution in [0.4, 0.5) is 0 Å². The van der Waals surface area contributed by atoms with Crippen LogP contribution in [0, 0.1) is 0 Å². The van der Waals surface area contributed by atoms with E-state index in [2.05, 4.69) is 71.6 Å². The van der Waals surface area contributed by atoms with Crippen molar-refractivity contribution in [3.63, 3.8) is 0 Å². The summed E-state index contributed by atoms with van der Waals surface area (Å²) < 4.78 is 2.25. The molecule has 0 amide bonds. The van der Waals surface area contributed by atoms with Gasteiger partial charge in [0.15, 0.2) is 0 Å². The third-order valence-electron chi connectivity index (χ3n) is 4.04. The highest BCUT2D eigenvalue weighted by molar-refractivity contribution is 8.06. The first kappa shape index (κ1) is 15.3. The number of benzene rings is 1. The van der Waals surface area contributed by atoms with E-state index in [1.807, 2.05) is 0 Å². The van der Waals surface area contributed by atoms with Crippen molar-refractivity contribution in [3.05, 3.63) is 30.1 Å². The van der Waals surface area contributed by atoms with Crippen LogP contribution in [0.3, 0.4) is 0 Å². The number of aromatic nitrogens is 2. The molecule has 21 heavy (non-hydrogen) atoms. The Bertz CT molecular complexity index is 590. The van der Waals surface area contributed by atoms with Gasteiger partial charge in [-0.25, -0.2) is 4.98 Å². The standard InChI is InChI=1S/C16H23N3S2/c1-3-17-13(15-11-20-8-9-21-15)10-16-18-12-6-4-5-7-14(12)19(16)2/h4-7,13,15,17H,3,8-11H2,1-2H3. The maximum atomic E-state index is 4.84. The van der Waals surface area contributed by atoms with Crippen LogP contribution < -0.4 is 5.32 Å². The number of hydrogen-bond acceptors (Lipinski definition) is 4. The summed E-state index contributed by atoms with van der Waals surface area (Å²) in [5.41, 5.74) is 2.34. The molecule has 1 aromatic heterocycles. The van der Waals surface area contributed by atoms with E-state index in [4.69, 9.17) is 4.98 Å². The lowest BCUT2D eigenvalue weighted by Crippen LogP contribution is -2.43. The Morgan fingerprint density at radius 2 is 2.24 bits per heavy atom. The predicted molar refractivity (Wildman–Crippen MR) is 95.5 cm³/mol. The molecule has 2 heterocycles. The summed E-state index contributed by atoms with van der Waals surface area (Å²) in [7, 11) is 2.14. The zero-order valence-corrected chi connectivity index (χ0v) is 14.3. The van der Waals surface area contributed by atoms with Crippen molar-refractivity contribution < 1.29 is 0 Å². The van der Waals surface area contributed by atoms with Gasteiger partial charge in [0.2, 0.25) is 0 Å². The summed E-state index contributed by atoms with van der Waals surface area (Å²) in [5.74, 6) is 5.02. The van der Waals surface area contributed by atoms with Crippen LogP contribution in [0.2, 0.25) is 0 Å². The molecule has 1 saturated heterocycles. The Morgan fingerprint density at radius 3 is 2.95 bits per heavy atom. The van der Waals surface area contributed by atoms with Crippen molar-refractivity contribution in [3.8, 4) is 0 Å². The van der Waals surface area contributed by atoms with Gasteiger partial charge in [0.25, 0.3) is 0 Å². The van der Waals surface area contributed by atoms with Crippen molar-refractivity contribution in [2.24, 2.45) is 7.05 Å². The second kappa shape index (κ2) is 7.07. The molecule has 114 valence electrons. The first-order chi connectivity index (χ1) is 10.3. The quantitative estimate of drug-likeness (QED) is 0.917. The average Bonchev–Trinajstić information content (AvgIpc) is 2.84. The molecule has 5 heteroatoms. The molecule has 0 spiro atoms. The number of nitrogens with zero attached hydrogens (tertiary/aromatic N) is 2. The van der Waals surface area contributed by atoms with Crippen LogP contribution in [0.15, 0.2) is 24.3 Å². The van der Waals surface area contributed by atoms with Gasteiger partial charge in [0.1, 0.15) is 5.82 Å². The van der Waals surface area contributed by atoms with E-state index in [-0.39, 0.29) is 0 Å². The molecule has 2 unspecified atom stereocenters. The Kier molecular flexibility index (Phi) is 5.14. The monoisotopic (exact) mass is 321 g/mol. The SMILES string of the molecule is CCNC(Cc1nc2ccccc2n1C)C1CSCCS1. The number of rotatable bonds is 5. The zero-order valence-electron chi connectivity index (χ0n) is 12.7. The van der Waals surface area contributed by atoms with Gasteiger partial charge in [0, 0.05) is 42.0 Å². The van der Waals surface area contributed by atoms with Crippen LogP contribution in [-0.4, -0.2) is 44.6 Å². The molecule has 2 aromatic rings. The minimum Gasteiger partial charge on any atom is -0.331 e. The first-order valence-corrected chi connectivity index (χ1v) is 9.83. The Balaban J connectivity index is 1.81. The number of likely N-dealkylation sites (N-methyl/N-ethyl adjacent to an activating group) is 1. The fourth-order valence-electron chi connectivity index (χ4n) is 2.91. The third kappa shape index (κ3) is 3.41. The molecule has 1 aliphatic rings. The molecule has 1 N–H and O–H groups in total. The highest BCUT2D eigenvalue weighted by Gasteiger charge is 2.25. The summed E-state index contributed by atoms with van der Waals surface area (Å²) in [6, 6.07) is 8.92. The number of imidazole rings is 1. The van der Waals surface area contributed by atoms with Crippen molar-refractivity contribution in [1.29, 1.82) is 0 Å². The van der Waals surface area contributed by atoms with Gasteiger partial charge in [-0.05, 0) is 18.7 Å². The molecule has 1 aromatic carbocycles. The Labute approximate surface area is 135 Å². The summed E-state index contributed by atoms with van der Waals surface area (Å²) in [4.78, 5) is 4.84. The van der Waals surface area contributed by atoms with Crippen molar-refractivity contribution in [1.82, 2.24) is 14.9 Å². The van der Waals surface area contributed by atoms with Crippen LogP contribution in [0.5, 0.6) is 0 Å². The van der Waals surface area contributed by atoms with E-state index in [1.165, 1.54) is 28.6 Å². The zero-order chi connectivity index (χ0) is 14.7. The predicted octanol–water partition coefficient (Wildman–Crippen LogP) is 2.94. The van der Waals surface area contributed by atoms with Gasteiger partial charge in [-0.3, -0.25) is 0 Å². The maximum Gasteiger partial charge on any atom is 0.111 e. The molecule has 1 fully saturated rings. The van der Waals surface area contributed by atoms with Crippen molar-refractivity contribution in [2.75, 3.05) is 23.8 Å². The number of para-hydroxylation sites is 2. The molecule has 2 atom stereocenters. The molecular formula is C16H23N3S2. The second-order valence-corrected chi connectivity index (χ2v) is 7.93. The lowest BCUT2D eigenvalue weighted by atomic mass is 10.1. The van der Waals surface area contributed by atoms with Crippen LogP contribution >= 0.6 is 23.5 Å². The number of aryl methyl sites for hydroxylation is 1. The largest absolute Gasteiger partial charge is 0.331 e. The van der Waals surface area contributed by atoms with Crippen LogP contribution in [0.1, 0.15) is 12.7 Å². The van der Waals surface area contributed by atoms with E-state index < -0.39 is 0 Å². The molecule has 0 saturated carbocycles. The van der Waals surface area contributed by atoms with Crippen LogP contribution in [0.25, 0.3) is 11.0 Å². The van der Waals surface area contributed by atoms with Gasteiger partial charge in [0.05, 0.1) is 11.0 Å². The Hall–Kier alpha value is -0.650. The summed E-state index contributed by atoms with van der Waals surface area (Å²) in [6.45, 7) is 3.22. The number of hydrogen-bond donors (Lipinski definition) is 1. The Morgan fingerprint density at radius 1 is 1.38 bits per heavy atom. The van der Waals surface area contributed by atoms with E-state index in [0.717, 1.165) is 18.5 Å². The fourth-order valence-corrected chi connectivity index (χ4v) is 5.80. The van der Waals surface area contributed by atoms with E-state index in [1.54, 1.807) is 0 Å². The summed E-state index contributed by atoms with van der Waals surface area (Å²) in [6.07, 6.45) is 1.01. The highest BCUT2D eigenvalue weighted by Crippen LogP contribution is 2.28. The van der Waals surface area contributed by atoms with Crippen molar-refractivity contribution >= 4 is 34.6 Å². The number of fused-ring (bicyclic) bond motifs is 1. The van der Waals surface area contributed by atoms with Gasteiger partial charge in [-0.1, -0.05) is 19.1 Å². The normalized spacial score (nSPS) is 20.8. The van der Waals surface area contributed by atoms with Gasteiger partial charge in [-0.2, -0.15) is 23.5 Å². The molecule has 0 radical (unpaired) electrons. The smallest absolute Gasteiger partial charge is 0.111 e. The van der Waals surface area contributed by atoms with E-state index >= 15 is 0 Å². The number of nitrogens with one attached hydrogen (secondary N) is 1. The highest BCUT2D eigenvalue weighted by atomic mass is 32.2. The lowest BCUT2D eigenvalue weighted by Gasteiger charge is -2.30. The lowest BCUT2D eigenvalue weighted by molar-refractivity contribution is 0.506. The average molecular weight is 322 g/mol. The summed E-state index contributed by atoms with van der Waals surface area (Å²) in [5, 5.41) is 4.38. The molecule has 3 rings (SSSR count). The van der Waals surface area contributed by atoms with E-state index in [0.29, 0.717) is 11.3 Å². The molecule has 1 aliphatic heterocycles. The minimum absolute atomic E-state index is 0.517. The minimum atomic E-state index is 0.517. The topological polar surface area (TPSA) is 29.9 Å². The molecule has 0 bridgehead atoms. The molecular weight excluding hydrogens is 298 g/mol. The van der Waals surface area contributed by atoms with Gasteiger partial charge >= 0.3 is 0 Å².